The topological polar surface area (TPSA) is 81.9 Å². The van der Waals surface area contributed by atoms with E-state index in [4.69, 9.17) is 26.1 Å². The van der Waals surface area contributed by atoms with Crippen LogP contribution in [0, 0.1) is 3.57 Å². The second-order valence-electron chi connectivity index (χ2n) is 10.6. The first kappa shape index (κ1) is 33.2. The Hall–Kier alpha value is -3.71. The fourth-order valence-electron chi connectivity index (χ4n) is 5.32. The van der Waals surface area contributed by atoms with Crippen LogP contribution in [0.5, 0.6) is 11.5 Å². The number of nitrogens with zero attached hydrogens (tertiary/aromatic N) is 2. The molecule has 11 heteroatoms. The summed E-state index contributed by atoms with van der Waals surface area (Å²) in [6.07, 6.45) is 1.82. The summed E-state index contributed by atoms with van der Waals surface area (Å²) < 4.78 is 15.8. The molecule has 1 atom stereocenters. The molecule has 0 saturated heterocycles. The largest absolute Gasteiger partial charge is 0.494 e. The van der Waals surface area contributed by atoms with Crippen molar-refractivity contribution in [1.29, 1.82) is 0 Å². The van der Waals surface area contributed by atoms with E-state index in [2.05, 4.69) is 43.8 Å². The van der Waals surface area contributed by atoms with Gasteiger partial charge < -0.3 is 14.8 Å². The van der Waals surface area contributed by atoms with Crippen molar-refractivity contribution in [1.82, 2.24) is 4.57 Å². The molecule has 238 valence electrons. The quantitative estimate of drug-likeness (QED) is 0.153. The van der Waals surface area contributed by atoms with Crippen LogP contribution in [0.4, 0.5) is 5.69 Å². The number of benzene rings is 4. The molecule has 0 unspecified atom stereocenters. The Kier molecular flexibility index (Phi) is 10.3. The minimum atomic E-state index is -0.714. The van der Waals surface area contributed by atoms with Gasteiger partial charge in [-0.3, -0.25) is 14.2 Å². The molecule has 4 aromatic carbocycles. The normalized spacial score (nSPS) is 14.4. The third-order valence-corrected chi connectivity index (χ3v) is 9.88. The summed E-state index contributed by atoms with van der Waals surface area (Å²) in [6.45, 7) is 4.55. The third-order valence-electron chi connectivity index (χ3n) is 7.40. The second kappa shape index (κ2) is 14.6. The number of fused-ring (bicyclic) bond motifs is 1. The number of aromatic nitrogens is 1. The van der Waals surface area contributed by atoms with E-state index in [1.54, 1.807) is 11.5 Å². The van der Waals surface area contributed by atoms with Crippen LogP contribution in [-0.2, 0) is 11.4 Å². The fourth-order valence-corrected chi connectivity index (χ4v) is 8.28. The Morgan fingerprint density at radius 2 is 1.83 bits per heavy atom. The predicted molar refractivity (Wildman–Crippen MR) is 199 cm³/mol. The Morgan fingerprint density at radius 3 is 2.55 bits per heavy atom. The van der Waals surface area contributed by atoms with Gasteiger partial charge >= 0.3 is 0 Å². The number of allylic oxidation sites excluding steroid dienone is 1. The van der Waals surface area contributed by atoms with Crippen LogP contribution in [0.1, 0.15) is 36.6 Å². The molecule has 1 aliphatic rings. The van der Waals surface area contributed by atoms with Gasteiger partial charge in [0.1, 0.15) is 18.1 Å². The summed E-state index contributed by atoms with van der Waals surface area (Å²) in [5.41, 5.74) is 3.72. The van der Waals surface area contributed by atoms with Crippen LogP contribution in [0.25, 0.3) is 6.08 Å². The van der Waals surface area contributed by atoms with Crippen LogP contribution < -0.4 is 29.7 Å². The van der Waals surface area contributed by atoms with E-state index in [0.29, 0.717) is 56.0 Å². The number of rotatable bonds is 9. The monoisotopic (exact) mass is 839 g/mol. The van der Waals surface area contributed by atoms with Crippen molar-refractivity contribution in [2.24, 2.45) is 4.99 Å². The average molecular weight is 841 g/mol. The molecule has 1 aliphatic heterocycles. The summed E-state index contributed by atoms with van der Waals surface area (Å²) in [4.78, 5) is 33.5. The molecule has 47 heavy (non-hydrogen) atoms. The zero-order valence-electron chi connectivity index (χ0n) is 25.3. The molecule has 1 N–H and O–H groups in total. The van der Waals surface area contributed by atoms with Gasteiger partial charge in [-0.05, 0) is 102 Å². The van der Waals surface area contributed by atoms with Crippen molar-refractivity contribution in [3.63, 3.8) is 0 Å². The van der Waals surface area contributed by atoms with Crippen LogP contribution in [0.2, 0.25) is 5.02 Å². The zero-order chi connectivity index (χ0) is 33.1. The highest BCUT2D eigenvalue weighted by Crippen LogP contribution is 2.33. The van der Waals surface area contributed by atoms with E-state index < -0.39 is 6.04 Å². The number of hydrogen-bond acceptors (Lipinski definition) is 6. The Balaban J connectivity index is 1.46. The first-order valence-electron chi connectivity index (χ1n) is 14.7. The van der Waals surface area contributed by atoms with Crippen molar-refractivity contribution in [3.8, 4) is 11.5 Å². The Bertz CT molecular complexity index is 2180. The van der Waals surface area contributed by atoms with E-state index in [0.717, 1.165) is 24.7 Å². The van der Waals surface area contributed by atoms with Gasteiger partial charge in [0.15, 0.2) is 4.80 Å². The number of halogens is 3. The molecule has 0 fully saturated rings. The third kappa shape index (κ3) is 7.40. The molecular weight excluding hydrogens is 813 g/mol. The van der Waals surface area contributed by atoms with Crippen LogP contribution in [-0.4, -0.2) is 17.1 Å². The molecule has 0 saturated carbocycles. The van der Waals surface area contributed by atoms with Gasteiger partial charge in [-0.2, -0.15) is 0 Å². The number of thiazole rings is 1. The van der Waals surface area contributed by atoms with E-state index in [-0.39, 0.29) is 11.5 Å². The van der Waals surface area contributed by atoms with Crippen LogP contribution >= 0.6 is 61.5 Å². The highest BCUT2D eigenvalue weighted by atomic mass is 127. The highest BCUT2D eigenvalue weighted by Gasteiger charge is 2.32. The minimum Gasteiger partial charge on any atom is -0.494 e. The van der Waals surface area contributed by atoms with E-state index in [1.807, 2.05) is 104 Å². The van der Waals surface area contributed by atoms with Gasteiger partial charge in [0.05, 0.1) is 32.0 Å². The minimum absolute atomic E-state index is 0.263. The molecule has 6 rings (SSSR count). The van der Waals surface area contributed by atoms with Crippen molar-refractivity contribution < 1.29 is 14.3 Å². The standard InChI is InChI=1S/C36H28BrClIN3O4S/c1-3-45-28-14-12-23(13-15-28)32-31(34(43)41-27-10-5-4-6-11-27)21(2)40-36-42(32)35(44)30(47-36)18-24-17-25(37)19-29(39)33(24)46-20-22-8-7-9-26(38)16-22/h4-19,32H,3,20H2,1-2H3,(H,41,43)/b30-18-/t32-/m0/s1. The van der Waals surface area contributed by atoms with Gasteiger partial charge in [0, 0.05) is 20.7 Å². The summed E-state index contributed by atoms with van der Waals surface area (Å²) in [5.74, 6) is 1.01. The fraction of sp³-hybridized carbons (Fsp3) is 0.139. The summed E-state index contributed by atoms with van der Waals surface area (Å²) in [6, 6.07) is 27.4. The maximum atomic E-state index is 14.3. The van der Waals surface area contributed by atoms with Gasteiger partial charge in [0.25, 0.3) is 11.5 Å². The number of carbonyl (C=O) groups excluding carboxylic acids is 1. The number of amides is 1. The Labute approximate surface area is 302 Å². The maximum Gasteiger partial charge on any atom is 0.271 e. The van der Waals surface area contributed by atoms with E-state index >= 15 is 0 Å². The molecule has 5 aromatic rings. The first-order chi connectivity index (χ1) is 22.7. The number of hydrogen-bond donors (Lipinski definition) is 1. The SMILES string of the molecule is CCOc1ccc([C@H]2C(C(=O)Nc3ccccc3)=C(C)N=c3s/c(=C\c4cc(Br)cc(I)c4OCc4cccc(Cl)c4)c(=O)n32)cc1. The lowest BCUT2D eigenvalue weighted by atomic mass is 9.95. The molecule has 2 heterocycles. The molecule has 7 nitrogen and oxygen atoms in total. The molecule has 1 amide bonds. The van der Waals surface area contributed by atoms with E-state index in [9.17, 15) is 9.59 Å². The van der Waals surface area contributed by atoms with Crippen molar-refractivity contribution >= 4 is 79.1 Å². The van der Waals surface area contributed by atoms with Gasteiger partial charge in [-0.25, -0.2) is 4.99 Å². The van der Waals surface area contributed by atoms with Crippen LogP contribution in [0.15, 0.2) is 117 Å². The maximum absolute atomic E-state index is 14.3. The lowest BCUT2D eigenvalue weighted by molar-refractivity contribution is -0.113. The molecule has 1 aromatic heterocycles. The lowest BCUT2D eigenvalue weighted by Crippen LogP contribution is -2.40. The molecule has 0 bridgehead atoms. The molecular formula is C36H28BrClIN3O4S. The van der Waals surface area contributed by atoms with Crippen LogP contribution in [0.3, 0.4) is 0 Å². The smallest absolute Gasteiger partial charge is 0.271 e. The van der Waals surface area contributed by atoms with Crippen molar-refractivity contribution in [2.75, 3.05) is 11.9 Å². The van der Waals surface area contributed by atoms with Gasteiger partial charge in [-0.1, -0.05) is 81.3 Å². The number of nitrogens with one attached hydrogen (secondary N) is 1. The highest BCUT2D eigenvalue weighted by molar-refractivity contribution is 14.1. The average Bonchev–Trinajstić information content (AvgIpc) is 3.34. The second-order valence-corrected chi connectivity index (χ2v) is 14.2. The summed E-state index contributed by atoms with van der Waals surface area (Å²) in [5, 5.41) is 3.62. The van der Waals surface area contributed by atoms with Gasteiger partial charge in [-0.15, -0.1) is 0 Å². The number of ether oxygens (including phenoxy) is 2. The predicted octanol–water partition coefficient (Wildman–Crippen LogP) is 7.87. The first-order valence-corrected chi connectivity index (χ1v) is 17.8. The number of anilines is 1. The number of para-hydroxylation sites is 1. The molecule has 0 aliphatic carbocycles. The molecule has 0 radical (unpaired) electrons. The van der Waals surface area contributed by atoms with Crippen molar-refractivity contribution in [2.45, 2.75) is 26.5 Å². The zero-order valence-corrected chi connectivity index (χ0v) is 30.6. The summed E-state index contributed by atoms with van der Waals surface area (Å²) >= 11 is 13.3. The lowest BCUT2D eigenvalue weighted by Gasteiger charge is -2.25. The van der Waals surface area contributed by atoms with Crippen molar-refractivity contribution in [3.05, 3.63) is 152 Å². The van der Waals surface area contributed by atoms with Gasteiger partial charge in [0.2, 0.25) is 0 Å². The Morgan fingerprint density at radius 1 is 1.06 bits per heavy atom. The number of carbonyl (C=O) groups is 1. The molecule has 0 spiro atoms. The van der Waals surface area contributed by atoms with E-state index in [1.165, 1.54) is 11.3 Å². The summed E-state index contributed by atoms with van der Waals surface area (Å²) in [7, 11) is 0.